The normalized spacial score (nSPS) is 15.6. The molecule has 0 aliphatic carbocycles. The van der Waals surface area contributed by atoms with E-state index in [1.54, 1.807) is 23.1 Å². The van der Waals surface area contributed by atoms with Crippen LogP contribution in [-0.4, -0.2) is 49.7 Å². The lowest BCUT2D eigenvalue weighted by Gasteiger charge is -2.34. The van der Waals surface area contributed by atoms with Crippen LogP contribution in [0.5, 0.6) is 0 Å². The molecule has 2 aromatic rings. The molecule has 0 N–H and O–H groups in total. The summed E-state index contributed by atoms with van der Waals surface area (Å²) in [7, 11) is -3.76. The Labute approximate surface area is 179 Å². The van der Waals surface area contributed by atoms with Gasteiger partial charge in [0.2, 0.25) is 15.9 Å². The van der Waals surface area contributed by atoms with E-state index in [0.717, 1.165) is 5.56 Å². The largest absolute Gasteiger partial charge is 0.340 e. The molecule has 1 aliphatic rings. The molecule has 5 nitrogen and oxygen atoms in total. The number of hydrogen-bond donors (Lipinski definition) is 0. The Morgan fingerprint density at radius 2 is 1.54 bits per heavy atom. The first-order valence-electron chi connectivity index (χ1n) is 8.76. The molecule has 28 heavy (non-hydrogen) atoms. The number of amides is 1. The maximum atomic E-state index is 12.8. The van der Waals surface area contributed by atoms with Gasteiger partial charge in [-0.2, -0.15) is 4.31 Å². The number of sulfonamides is 1. The summed E-state index contributed by atoms with van der Waals surface area (Å²) < 4.78 is 27.0. The van der Waals surface area contributed by atoms with Crippen LogP contribution in [0.1, 0.15) is 12.0 Å². The van der Waals surface area contributed by atoms with Crippen LogP contribution in [-0.2, 0) is 21.2 Å². The first-order valence-corrected chi connectivity index (χ1v) is 11.3. The van der Waals surface area contributed by atoms with Crippen LogP contribution in [0, 0.1) is 0 Å². The lowest BCUT2D eigenvalue weighted by atomic mass is 10.1. The number of carbonyl (C=O) groups excluding carboxylic acids is 1. The molecule has 9 heteroatoms. The highest BCUT2D eigenvalue weighted by Gasteiger charge is 2.31. The fourth-order valence-electron chi connectivity index (χ4n) is 3.10. The van der Waals surface area contributed by atoms with Gasteiger partial charge in [0.1, 0.15) is 4.90 Å². The first-order chi connectivity index (χ1) is 13.3. The Kier molecular flexibility index (Phi) is 6.89. The number of piperazine rings is 1. The van der Waals surface area contributed by atoms with E-state index in [-0.39, 0.29) is 33.9 Å². The van der Waals surface area contributed by atoms with E-state index < -0.39 is 10.0 Å². The van der Waals surface area contributed by atoms with Gasteiger partial charge in [0, 0.05) is 37.6 Å². The average Bonchev–Trinajstić information content (AvgIpc) is 2.69. The Morgan fingerprint density at radius 1 is 0.893 bits per heavy atom. The molecule has 0 atom stereocenters. The van der Waals surface area contributed by atoms with E-state index in [0.29, 0.717) is 31.0 Å². The molecular weight excluding hydrogens is 443 g/mol. The zero-order valence-electron chi connectivity index (χ0n) is 14.9. The second-order valence-electron chi connectivity index (χ2n) is 6.43. The molecule has 0 unspecified atom stereocenters. The Bertz CT molecular complexity index is 974. The number of hydrogen-bond acceptors (Lipinski definition) is 3. The van der Waals surface area contributed by atoms with E-state index in [1.165, 1.54) is 10.4 Å². The van der Waals surface area contributed by atoms with Crippen molar-refractivity contribution in [3.63, 3.8) is 0 Å². The molecule has 3 rings (SSSR count). The molecule has 0 radical (unpaired) electrons. The van der Waals surface area contributed by atoms with Crippen molar-refractivity contribution in [3.8, 4) is 0 Å². The summed E-state index contributed by atoms with van der Waals surface area (Å²) in [5, 5.41) is 0.850. The van der Waals surface area contributed by atoms with E-state index in [1.807, 2.05) is 18.2 Å². The monoisotopic (exact) mass is 460 g/mol. The third-order valence-electron chi connectivity index (χ3n) is 4.69. The SMILES string of the molecule is O=C(CCc1ccccc1Cl)N1CCN(S(=O)(=O)c2cccc(Cl)c2Cl)CC1. The first kappa shape index (κ1) is 21.4. The van der Waals surface area contributed by atoms with Gasteiger partial charge in [-0.05, 0) is 30.2 Å². The molecule has 0 saturated carbocycles. The van der Waals surface area contributed by atoms with Crippen molar-refractivity contribution >= 4 is 50.7 Å². The summed E-state index contributed by atoms with van der Waals surface area (Å²) in [4.78, 5) is 14.2. The summed E-state index contributed by atoms with van der Waals surface area (Å²) in [6, 6.07) is 12.0. The molecule has 0 spiro atoms. The average molecular weight is 462 g/mol. The van der Waals surface area contributed by atoms with Gasteiger partial charge < -0.3 is 4.90 Å². The van der Waals surface area contributed by atoms with E-state index in [9.17, 15) is 13.2 Å². The van der Waals surface area contributed by atoms with Crippen LogP contribution in [0.2, 0.25) is 15.1 Å². The van der Waals surface area contributed by atoms with Crippen molar-refractivity contribution in [2.45, 2.75) is 17.7 Å². The summed E-state index contributed by atoms with van der Waals surface area (Å²) in [5.41, 5.74) is 0.925. The van der Waals surface area contributed by atoms with Crippen molar-refractivity contribution in [1.82, 2.24) is 9.21 Å². The second kappa shape index (κ2) is 9.01. The van der Waals surface area contributed by atoms with E-state index in [4.69, 9.17) is 34.8 Å². The van der Waals surface area contributed by atoms with Gasteiger partial charge in [0.15, 0.2) is 0 Å². The fraction of sp³-hybridized carbons (Fsp3) is 0.316. The summed E-state index contributed by atoms with van der Waals surface area (Å²) in [6.07, 6.45) is 0.881. The van der Waals surface area contributed by atoms with Gasteiger partial charge in [0.25, 0.3) is 0 Å². The fourth-order valence-corrected chi connectivity index (χ4v) is 5.49. The number of rotatable bonds is 5. The molecule has 0 bridgehead atoms. The maximum absolute atomic E-state index is 12.8. The molecular formula is C19H19Cl3N2O3S. The van der Waals surface area contributed by atoms with Crippen molar-refractivity contribution in [1.29, 1.82) is 0 Å². The number of aryl methyl sites for hydroxylation is 1. The van der Waals surface area contributed by atoms with Gasteiger partial charge in [-0.1, -0.05) is 59.1 Å². The van der Waals surface area contributed by atoms with Crippen molar-refractivity contribution < 1.29 is 13.2 Å². The molecule has 2 aromatic carbocycles. The Morgan fingerprint density at radius 3 is 2.21 bits per heavy atom. The minimum Gasteiger partial charge on any atom is -0.340 e. The third-order valence-corrected chi connectivity index (χ3v) is 7.93. The molecule has 1 heterocycles. The maximum Gasteiger partial charge on any atom is 0.244 e. The Balaban J connectivity index is 1.60. The van der Waals surface area contributed by atoms with Gasteiger partial charge in [-0.15, -0.1) is 0 Å². The lowest BCUT2D eigenvalue weighted by Crippen LogP contribution is -2.50. The molecule has 1 amide bonds. The van der Waals surface area contributed by atoms with Gasteiger partial charge in [-0.3, -0.25) is 4.79 Å². The van der Waals surface area contributed by atoms with Crippen LogP contribution in [0.15, 0.2) is 47.4 Å². The topological polar surface area (TPSA) is 57.7 Å². The minimum atomic E-state index is -3.76. The molecule has 150 valence electrons. The van der Waals surface area contributed by atoms with E-state index >= 15 is 0 Å². The molecule has 1 fully saturated rings. The van der Waals surface area contributed by atoms with Crippen LogP contribution in [0.25, 0.3) is 0 Å². The highest BCUT2D eigenvalue weighted by molar-refractivity contribution is 7.89. The van der Waals surface area contributed by atoms with Crippen molar-refractivity contribution in [3.05, 3.63) is 63.1 Å². The standard InChI is InChI=1S/C19H19Cl3N2O3S/c20-15-5-2-1-4-14(15)8-9-18(25)23-10-12-24(13-11-23)28(26,27)17-7-3-6-16(21)19(17)22/h1-7H,8-13H2. The smallest absolute Gasteiger partial charge is 0.244 e. The number of carbonyl (C=O) groups is 1. The van der Waals surface area contributed by atoms with Gasteiger partial charge >= 0.3 is 0 Å². The number of halogens is 3. The second-order valence-corrected chi connectivity index (χ2v) is 9.53. The van der Waals surface area contributed by atoms with Crippen molar-refractivity contribution in [2.75, 3.05) is 26.2 Å². The van der Waals surface area contributed by atoms with Gasteiger partial charge in [-0.25, -0.2) is 8.42 Å². The van der Waals surface area contributed by atoms with Crippen LogP contribution < -0.4 is 0 Å². The predicted octanol–water partition coefficient (Wildman–Crippen LogP) is 4.11. The van der Waals surface area contributed by atoms with Crippen LogP contribution >= 0.6 is 34.8 Å². The van der Waals surface area contributed by atoms with Gasteiger partial charge in [0.05, 0.1) is 10.0 Å². The highest BCUT2D eigenvalue weighted by Crippen LogP contribution is 2.31. The summed E-state index contributed by atoms with van der Waals surface area (Å²) in [5.74, 6) is -0.0160. The lowest BCUT2D eigenvalue weighted by molar-refractivity contribution is -0.132. The third kappa shape index (κ3) is 4.63. The number of nitrogens with zero attached hydrogens (tertiary/aromatic N) is 2. The molecule has 1 saturated heterocycles. The molecule has 0 aromatic heterocycles. The minimum absolute atomic E-state index is 0.0137. The number of benzene rings is 2. The van der Waals surface area contributed by atoms with E-state index in [2.05, 4.69) is 0 Å². The quantitative estimate of drug-likeness (QED) is 0.673. The zero-order valence-corrected chi connectivity index (χ0v) is 18.0. The summed E-state index contributed by atoms with van der Waals surface area (Å²) >= 11 is 18.1. The predicted molar refractivity (Wildman–Crippen MR) is 112 cm³/mol. The highest BCUT2D eigenvalue weighted by atomic mass is 35.5. The Hall–Kier alpha value is -1.31. The summed E-state index contributed by atoms with van der Waals surface area (Å²) in [6.45, 7) is 1.09. The van der Waals surface area contributed by atoms with Crippen molar-refractivity contribution in [2.24, 2.45) is 0 Å². The molecule has 1 aliphatic heterocycles. The van der Waals surface area contributed by atoms with Crippen LogP contribution in [0.3, 0.4) is 0 Å². The van der Waals surface area contributed by atoms with Crippen LogP contribution in [0.4, 0.5) is 0 Å². The zero-order chi connectivity index (χ0) is 20.3.